The van der Waals surface area contributed by atoms with E-state index in [2.05, 4.69) is 62.4 Å². The predicted molar refractivity (Wildman–Crippen MR) is 68.0 cm³/mol. The van der Waals surface area contributed by atoms with Crippen LogP contribution in [0.1, 0.15) is 24.4 Å². The maximum atomic E-state index is 4.17. The maximum absolute atomic E-state index is 4.17. The monoisotopic (exact) mass is 279 g/mol. The zero-order valence-electron chi connectivity index (χ0n) is 9.07. The van der Waals surface area contributed by atoms with Crippen LogP contribution in [0.3, 0.4) is 0 Å². The lowest BCUT2D eigenvalue weighted by Gasteiger charge is -2.13. The predicted octanol–water partition coefficient (Wildman–Crippen LogP) is 3.02. The fourth-order valence-corrected chi connectivity index (χ4v) is 1.78. The van der Waals surface area contributed by atoms with E-state index in [4.69, 9.17) is 0 Å². The molecule has 2 aromatic rings. The molecule has 2 N–H and O–H groups in total. The Labute approximate surface area is 103 Å². The number of nitrogens with one attached hydrogen (secondary N) is 2. The number of imidazole rings is 1. The third-order valence-electron chi connectivity index (χ3n) is 2.50. The first kappa shape index (κ1) is 11.4. The third-order valence-corrected chi connectivity index (χ3v) is 3.03. The van der Waals surface area contributed by atoms with Gasteiger partial charge in [0.2, 0.25) is 0 Å². The summed E-state index contributed by atoms with van der Waals surface area (Å²) in [7, 11) is 0. The van der Waals surface area contributed by atoms with Gasteiger partial charge in [-0.15, -0.1) is 0 Å². The van der Waals surface area contributed by atoms with Crippen LogP contribution in [0.15, 0.2) is 41.1 Å². The second kappa shape index (κ2) is 5.27. The van der Waals surface area contributed by atoms with Gasteiger partial charge in [-0.2, -0.15) is 0 Å². The summed E-state index contributed by atoms with van der Waals surface area (Å²) in [6, 6.07) is 8.66. The minimum Gasteiger partial charge on any atom is -0.348 e. The van der Waals surface area contributed by atoms with E-state index in [1.54, 1.807) is 6.20 Å². The Hall–Kier alpha value is -1.13. The number of nitrogens with zero attached hydrogens (tertiary/aromatic N) is 1. The highest BCUT2D eigenvalue weighted by atomic mass is 79.9. The first-order valence-corrected chi connectivity index (χ1v) is 6.02. The molecule has 0 aliphatic carbocycles. The number of benzene rings is 1. The molecule has 16 heavy (non-hydrogen) atoms. The molecule has 0 fully saturated rings. The molecule has 1 aromatic carbocycles. The van der Waals surface area contributed by atoms with Crippen LogP contribution in [0.5, 0.6) is 0 Å². The second-order valence-corrected chi connectivity index (χ2v) is 4.61. The number of aromatic nitrogens is 2. The molecule has 0 saturated heterocycles. The minimum atomic E-state index is 0.318. The second-order valence-electron chi connectivity index (χ2n) is 3.69. The topological polar surface area (TPSA) is 40.7 Å². The van der Waals surface area contributed by atoms with Crippen molar-refractivity contribution in [1.29, 1.82) is 0 Å². The Morgan fingerprint density at radius 2 is 2.12 bits per heavy atom. The Morgan fingerprint density at radius 1 is 1.38 bits per heavy atom. The van der Waals surface area contributed by atoms with Crippen LogP contribution in [-0.4, -0.2) is 9.97 Å². The standard InChI is InChI=1S/C12H14BrN3/c1-9(10-2-4-11(13)5-3-10)16-8-12-14-6-7-15-12/h2-7,9,16H,8H2,1H3,(H,14,15)/t9-/m1/s1. The largest absolute Gasteiger partial charge is 0.348 e. The summed E-state index contributed by atoms with van der Waals surface area (Å²) in [6.45, 7) is 2.90. The van der Waals surface area contributed by atoms with Crippen molar-refractivity contribution >= 4 is 15.9 Å². The first-order chi connectivity index (χ1) is 7.75. The van der Waals surface area contributed by atoms with Gasteiger partial charge in [-0.05, 0) is 24.6 Å². The molecule has 0 saturated carbocycles. The van der Waals surface area contributed by atoms with Crippen molar-refractivity contribution in [2.75, 3.05) is 0 Å². The summed E-state index contributed by atoms with van der Waals surface area (Å²) >= 11 is 3.43. The Bertz CT molecular complexity index is 422. The van der Waals surface area contributed by atoms with Crippen LogP contribution in [0, 0.1) is 0 Å². The summed E-state index contributed by atoms with van der Waals surface area (Å²) < 4.78 is 1.11. The van der Waals surface area contributed by atoms with Crippen LogP contribution in [0.2, 0.25) is 0 Å². The number of hydrogen-bond donors (Lipinski definition) is 2. The molecule has 0 aliphatic heterocycles. The van der Waals surface area contributed by atoms with Gasteiger partial charge in [-0.3, -0.25) is 0 Å². The van der Waals surface area contributed by atoms with E-state index in [-0.39, 0.29) is 0 Å². The lowest BCUT2D eigenvalue weighted by atomic mass is 10.1. The molecule has 0 unspecified atom stereocenters. The van der Waals surface area contributed by atoms with Crippen molar-refractivity contribution in [3.05, 3.63) is 52.5 Å². The van der Waals surface area contributed by atoms with Crippen molar-refractivity contribution in [2.24, 2.45) is 0 Å². The fourth-order valence-electron chi connectivity index (χ4n) is 1.51. The Morgan fingerprint density at radius 3 is 2.75 bits per heavy atom. The van der Waals surface area contributed by atoms with E-state index in [1.807, 2.05) is 6.20 Å². The molecule has 1 heterocycles. The lowest BCUT2D eigenvalue weighted by molar-refractivity contribution is 0.562. The van der Waals surface area contributed by atoms with Gasteiger partial charge in [0.05, 0.1) is 6.54 Å². The van der Waals surface area contributed by atoms with Gasteiger partial charge in [-0.1, -0.05) is 28.1 Å². The van der Waals surface area contributed by atoms with Crippen molar-refractivity contribution in [3.63, 3.8) is 0 Å². The van der Waals surface area contributed by atoms with Crippen molar-refractivity contribution in [2.45, 2.75) is 19.5 Å². The van der Waals surface area contributed by atoms with Gasteiger partial charge in [0.15, 0.2) is 0 Å². The van der Waals surface area contributed by atoms with Crippen LogP contribution < -0.4 is 5.32 Å². The fraction of sp³-hybridized carbons (Fsp3) is 0.250. The molecular weight excluding hydrogens is 266 g/mol. The van der Waals surface area contributed by atoms with Gasteiger partial charge in [0, 0.05) is 22.9 Å². The third kappa shape index (κ3) is 2.93. The molecule has 1 aromatic heterocycles. The summed E-state index contributed by atoms with van der Waals surface area (Å²) in [5, 5.41) is 3.41. The van der Waals surface area contributed by atoms with E-state index >= 15 is 0 Å². The van der Waals surface area contributed by atoms with Crippen LogP contribution in [-0.2, 0) is 6.54 Å². The molecule has 0 bridgehead atoms. The number of H-pyrrole nitrogens is 1. The van der Waals surface area contributed by atoms with E-state index in [0.29, 0.717) is 6.04 Å². The van der Waals surface area contributed by atoms with Gasteiger partial charge in [0.25, 0.3) is 0 Å². The van der Waals surface area contributed by atoms with Gasteiger partial charge in [0.1, 0.15) is 5.82 Å². The zero-order chi connectivity index (χ0) is 11.4. The van der Waals surface area contributed by atoms with Crippen molar-refractivity contribution in [1.82, 2.24) is 15.3 Å². The average Bonchev–Trinajstić information content (AvgIpc) is 2.80. The zero-order valence-corrected chi connectivity index (χ0v) is 10.7. The quantitative estimate of drug-likeness (QED) is 0.903. The van der Waals surface area contributed by atoms with Crippen LogP contribution in [0.25, 0.3) is 0 Å². The van der Waals surface area contributed by atoms with Gasteiger partial charge in [-0.25, -0.2) is 4.98 Å². The van der Waals surface area contributed by atoms with Crippen LogP contribution >= 0.6 is 15.9 Å². The summed E-state index contributed by atoms with van der Waals surface area (Å²) in [5.41, 5.74) is 1.27. The SMILES string of the molecule is C[C@@H](NCc1ncc[nH]1)c1ccc(Br)cc1. The summed E-state index contributed by atoms with van der Waals surface area (Å²) in [6.07, 6.45) is 3.60. The molecule has 0 radical (unpaired) electrons. The number of hydrogen-bond acceptors (Lipinski definition) is 2. The number of halogens is 1. The number of rotatable bonds is 4. The molecular formula is C12H14BrN3. The molecule has 84 valence electrons. The summed E-state index contributed by atoms with van der Waals surface area (Å²) in [5.74, 6) is 0.962. The smallest absolute Gasteiger partial charge is 0.120 e. The van der Waals surface area contributed by atoms with Crippen molar-refractivity contribution in [3.8, 4) is 0 Å². The van der Waals surface area contributed by atoms with E-state index in [0.717, 1.165) is 16.8 Å². The molecule has 0 aliphatic rings. The van der Waals surface area contributed by atoms with E-state index < -0.39 is 0 Å². The molecule has 0 spiro atoms. The van der Waals surface area contributed by atoms with Crippen molar-refractivity contribution < 1.29 is 0 Å². The Balaban J connectivity index is 1.93. The van der Waals surface area contributed by atoms with E-state index in [1.165, 1.54) is 5.56 Å². The van der Waals surface area contributed by atoms with Gasteiger partial charge >= 0.3 is 0 Å². The highest BCUT2D eigenvalue weighted by Gasteiger charge is 2.04. The lowest BCUT2D eigenvalue weighted by Crippen LogP contribution is -2.18. The highest BCUT2D eigenvalue weighted by Crippen LogP contribution is 2.16. The minimum absolute atomic E-state index is 0.318. The molecule has 0 amide bonds. The highest BCUT2D eigenvalue weighted by molar-refractivity contribution is 9.10. The van der Waals surface area contributed by atoms with E-state index in [9.17, 15) is 0 Å². The molecule has 1 atom stereocenters. The molecule has 3 nitrogen and oxygen atoms in total. The molecule has 2 rings (SSSR count). The Kier molecular flexibility index (Phi) is 3.74. The normalized spacial score (nSPS) is 12.6. The summed E-state index contributed by atoms with van der Waals surface area (Å²) in [4.78, 5) is 7.24. The first-order valence-electron chi connectivity index (χ1n) is 5.23. The molecule has 4 heteroatoms. The van der Waals surface area contributed by atoms with Gasteiger partial charge < -0.3 is 10.3 Å². The van der Waals surface area contributed by atoms with Crippen LogP contribution in [0.4, 0.5) is 0 Å². The number of aromatic amines is 1. The average molecular weight is 280 g/mol. The maximum Gasteiger partial charge on any atom is 0.120 e.